The molecule has 40 heavy (non-hydrogen) atoms. The van der Waals surface area contributed by atoms with Gasteiger partial charge in [0.15, 0.2) is 0 Å². The Bertz CT molecular complexity index is 1600. The summed E-state index contributed by atoms with van der Waals surface area (Å²) in [7, 11) is 0. The molecule has 0 saturated heterocycles. The highest BCUT2D eigenvalue weighted by Gasteiger charge is 2.21. The Kier molecular flexibility index (Phi) is 7.99. The van der Waals surface area contributed by atoms with Crippen LogP contribution in [0.25, 0.3) is 11.3 Å². The van der Waals surface area contributed by atoms with Gasteiger partial charge >= 0.3 is 0 Å². The Labute approximate surface area is 234 Å². The summed E-state index contributed by atoms with van der Waals surface area (Å²) in [5.41, 5.74) is 17.5. The maximum Gasteiger partial charge on any atom is 0.275 e. The van der Waals surface area contributed by atoms with Crippen molar-refractivity contribution in [2.45, 2.75) is 34.6 Å². The number of hydrogen-bond acceptors (Lipinski definition) is 8. The first kappa shape index (κ1) is 28.0. The number of carbonyl (C=O) groups excluding carboxylic acids is 1. The monoisotopic (exact) mass is 537 g/mol. The van der Waals surface area contributed by atoms with Gasteiger partial charge in [0.1, 0.15) is 28.7 Å². The molecule has 0 spiro atoms. The number of aryl methyl sites for hydroxylation is 1. The van der Waals surface area contributed by atoms with Crippen molar-refractivity contribution in [2.75, 3.05) is 6.54 Å². The van der Waals surface area contributed by atoms with Crippen molar-refractivity contribution < 1.29 is 4.79 Å². The molecule has 206 valence electrons. The average Bonchev–Trinajstić information content (AvgIpc) is 3.34. The fourth-order valence-corrected chi connectivity index (χ4v) is 4.00. The molecule has 1 aromatic carbocycles. The number of carbonyl (C=O) groups is 1. The summed E-state index contributed by atoms with van der Waals surface area (Å²) in [6, 6.07) is 11.4. The Morgan fingerprint density at radius 1 is 1.20 bits per heavy atom. The number of allylic oxidation sites excluding steroid dienone is 1. The van der Waals surface area contributed by atoms with Gasteiger partial charge in [-0.15, -0.1) is 0 Å². The van der Waals surface area contributed by atoms with Gasteiger partial charge < -0.3 is 21.7 Å². The van der Waals surface area contributed by atoms with Crippen molar-refractivity contribution in [3.8, 4) is 0 Å². The van der Waals surface area contributed by atoms with Crippen LogP contribution in [-0.4, -0.2) is 45.1 Å². The predicted molar refractivity (Wildman–Crippen MR) is 162 cm³/mol. The van der Waals surface area contributed by atoms with E-state index >= 15 is 0 Å². The average molecular weight is 538 g/mol. The molecule has 10 nitrogen and oxygen atoms in total. The standard InChI is InChI=1S/C30H35N9O/c1-7-38-15-13-34-28(32)27(38)26(33-6)20-12-14-39-22(18-35-25(39)16-20)29(40)37-24(17-23(31)30(3,4)5)36-21-10-8-19(2)9-11-21/h8-18H,6-7,31H2,1-5H3,(H2,32,34)(H,36,37,40)/b23-17-,27-26-. The quantitative estimate of drug-likeness (QED) is 0.313. The second-order valence-electron chi connectivity index (χ2n) is 10.4. The molecule has 0 fully saturated rings. The number of nitrogens with one attached hydrogen (secondary N) is 1. The van der Waals surface area contributed by atoms with Crippen LogP contribution >= 0.6 is 0 Å². The number of aliphatic imine (C=N–C) groups is 3. The van der Waals surface area contributed by atoms with Gasteiger partial charge in [-0.3, -0.25) is 14.2 Å². The minimum Gasteiger partial charge on any atom is -0.401 e. The molecule has 2 aromatic heterocycles. The van der Waals surface area contributed by atoms with E-state index in [0.29, 0.717) is 52.3 Å². The first-order chi connectivity index (χ1) is 19.0. The maximum atomic E-state index is 13.4. The number of hydrogen-bond donors (Lipinski definition) is 3. The number of amidine groups is 2. The topological polar surface area (TPSA) is 139 Å². The summed E-state index contributed by atoms with van der Waals surface area (Å²) in [4.78, 5) is 33.0. The number of fused-ring (bicyclic) bond motifs is 1. The first-order valence-electron chi connectivity index (χ1n) is 12.9. The Hall–Kier alpha value is -4.99. The summed E-state index contributed by atoms with van der Waals surface area (Å²) < 4.78 is 1.69. The van der Waals surface area contributed by atoms with Gasteiger partial charge in [-0.2, -0.15) is 0 Å². The van der Waals surface area contributed by atoms with E-state index in [4.69, 9.17) is 11.5 Å². The minimum atomic E-state index is -0.379. The van der Waals surface area contributed by atoms with Crippen molar-refractivity contribution in [1.29, 1.82) is 0 Å². The number of amides is 1. The molecule has 0 atom stereocenters. The highest BCUT2D eigenvalue weighted by Crippen LogP contribution is 2.26. The molecule has 4 rings (SSSR count). The van der Waals surface area contributed by atoms with Crippen LogP contribution in [0.3, 0.4) is 0 Å². The molecule has 0 radical (unpaired) electrons. The zero-order valence-corrected chi connectivity index (χ0v) is 23.5. The number of imidazole rings is 1. The maximum absolute atomic E-state index is 13.4. The summed E-state index contributed by atoms with van der Waals surface area (Å²) >= 11 is 0. The smallest absolute Gasteiger partial charge is 0.275 e. The highest BCUT2D eigenvalue weighted by atomic mass is 16.2. The van der Waals surface area contributed by atoms with E-state index < -0.39 is 0 Å². The van der Waals surface area contributed by atoms with Crippen LogP contribution in [-0.2, 0) is 0 Å². The fraction of sp³-hybridized carbons (Fsp3) is 0.233. The number of rotatable bonds is 6. The van der Waals surface area contributed by atoms with Crippen LogP contribution in [0, 0.1) is 12.3 Å². The number of nitrogens with zero attached hydrogens (tertiary/aromatic N) is 6. The molecular formula is C30H35N9O. The van der Waals surface area contributed by atoms with E-state index in [2.05, 4.69) is 32.0 Å². The predicted octanol–water partition coefficient (Wildman–Crippen LogP) is 4.52. The molecule has 5 N–H and O–H groups in total. The number of benzene rings is 1. The van der Waals surface area contributed by atoms with Crippen LogP contribution < -0.4 is 16.8 Å². The second-order valence-corrected chi connectivity index (χ2v) is 10.4. The Morgan fingerprint density at radius 3 is 2.58 bits per heavy atom. The third-order valence-electron chi connectivity index (χ3n) is 6.42. The SMILES string of the molecule is C=N/C(=C1/C(N)=NC=CN1CC)c1ccn2c(C(=O)NC(/C=C(\N)C(C)(C)C)=Nc3ccc(C)cc3)cnc2c1. The van der Waals surface area contributed by atoms with E-state index in [1.807, 2.05) is 82.1 Å². The minimum absolute atomic E-state index is 0.306. The molecule has 1 aliphatic rings. The van der Waals surface area contributed by atoms with Crippen molar-refractivity contribution in [3.05, 3.63) is 95.5 Å². The summed E-state index contributed by atoms with van der Waals surface area (Å²) in [6.45, 7) is 14.4. The van der Waals surface area contributed by atoms with Crippen LogP contribution in [0.15, 0.2) is 93.6 Å². The lowest BCUT2D eigenvalue weighted by molar-refractivity contribution is 0.0971. The number of aromatic nitrogens is 2. The van der Waals surface area contributed by atoms with E-state index in [-0.39, 0.29) is 11.3 Å². The van der Waals surface area contributed by atoms with Crippen LogP contribution in [0.1, 0.15) is 49.3 Å². The molecule has 3 heterocycles. The highest BCUT2D eigenvalue weighted by molar-refractivity contribution is 6.11. The lowest BCUT2D eigenvalue weighted by Crippen LogP contribution is -2.32. The third kappa shape index (κ3) is 6.01. The van der Waals surface area contributed by atoms with Crippen LogP contribution in [0.2, 0.25) is 0 Å². The number of likely N-dealkylation sites (N-methyl/N-ethyl adjacent to an activating group) is 1. The lowest BCUT2D eigenvalue weighted by Gasteiger charge is -2.25. The third-order valence-corrected chi connectivity index (χ3v) is 6.42. The molecule has 0 unspecified atom stereocenters. The van der Waals surface area contributed by atoms with Crippen molar-refractivity contribution in [1.82, 2.24) is 19.6 Å². The first-order valence-corrected chi connectivity index (χ1v) is 12.9. The molecule has 3 aromatic rings. The molecule has 1 amide bonds. The van der Waals surface area contributed by atoms with E-state index in [1.54, 1.807) is 22.9 Å². The summed E-state index contributed by atoms with van der Waals surface area (Å²) in [6.07, 6.45) is 8.45. The van der Waals surface area contributed by atoms with Gasteiger partial charge in [-0.25, -0.2) is 15.0 Å². The van der Waals surface area contributed by atoms with E-state index in [9.17, 15) is 4.79 Å². The Balaban J connectivity index is 1.70. The normalized spacial score (nSPS) is 15.7. The molecule has 1 aliphatic heterocycles. The van der Waals surface area contributed by atoms with Crippen LogP contribution in [0.5, 0.6) is 0 Å². The zero-order valence-electron chi connectivity index (χ0n) is 23.5. The lowest BCUT2D eigenvalue weighted by atomic mass is 9.92. The van der Waals surface area contributed by atoms with E-state index in [0.717, 1.165) is 11.1 Å². The van der Waals surface area contributed by atoms with Crippen molar-refractivity contribution in [3.63, 3.8) is 0 Å². The van der Waals surface area contributed by atoms with Gasteiger partial charge in [-0.1, -0.05) is 38.5 Å². The number of pyridine rings is 1. The summed E-state index contributed by atoms with van der Waals surface area (Å²) in [5.74, 6) is 0.295. The molecule has 0 saturated carbocycles. The van der Waals surface area contributed by atoms with Crippen LogP contribution in [0.4, 0.5) is 5.69 Å². The zero-order chi connectivity index (χ0) is 29.0. The Morgan fingerprint density at radius 2 is 1.93 bits per heavy atom. The molecule has 0 bridgehead atoms. The van der Waals surface area contributed by atoms with E-state index in [1.165, 1.54) is 6.20 Å². The fourth-order valence-electron chi connectivity index (χ4n) is 4.00. The van der Waals surface area contributed by atoms with Crippen molar-refractivity contribution >= 4 is 41.3 Å². The number of nitrogens with two attached hydrogens (primary N) is 2. The summed E-state index contributed by atoms with van der Waals surface area (Å²) in [5, 5.41) is 2.91. The van der Waals surface area contributed by atoms with Gasteiger partial charge in [0.05, 0.1) is 17.6 Å². The molecule has 0 aliphatic carbocycles. The van der Waals surface area contributed by atoms with Gasteiger partial charge in [0, 0.05) is 47.9 Å². The second kappa shape index (κ2) is 11.4. The largest absolute Gasteiger partial charge is 0.401 e. The molecule has 10 heteroatoms. The molecular weight excluding hydrogens is 502 g/mol. The van der Waals surface area contributed by atoms with Crippen molar-refractivity contribution in [2.24, 2.45) is 31.9 Å². The van der Waals surface area contributed by atoms with Gasteiger partial charge in [-0.05, 0) is 44.8 Å². The van der Waals surface area contributed by atoms with Gasteiger partial charge in [0.2, 0.25) is 0 Å². The van der Waals surface area contributed by atoms with Gasteiger partial charge in [0.25, 0.3) is 5.91 Å².